The topological polar surface area (TPSA) is 52.8 Å². The first-order valence-corrected chi connectivity index (χ1v) is 20.8. The van der Waals surface area contributed by atoms with Gasteiger partial charge in [0.15, 0.2) is 17.4 Å². The van der Waals surface area contributed by atoms with Gasteiger partial charge >= 0.3 is 17.1 Å². The molecule has 1 saturated carbocycles. The first kappa shape index (κ1) is 20.4. The summed E-state index contributed by atoms with van der Waals surface area (Å²) >= 11 is 0. The molecule has 5 nitrogen and oxygen atoms in total. The van der Waals surface area contributed by atoms with Gasteiger partial charge in [-0.1, -0.05) is 0 Å². The van der Waals surface area contributed by atoms with Crippen LogP contribution < -0.4 is 0 Å². The number of ether oxygens (including phenoxy) is 2. The van der Waals surface area contributed by atoms with Gasteiger partial charge in [-0.2, -0.15) is 0 Å². The van der Waals surface area contributed by atoms with Gasteiger partial charge < -0.3 is 21.8 Å². The third-order valence-electron chi connectivity index (χ3n) is 4.98. The van der Waals surface area contributed by atoms with E-state index in [1.807, 2.05) is 0 Å². The zero-order valence-electron chi connectivity index (χ0n) is 17.2. The average molecular weight is 420 g/mol. The molecule has 1 unspecified atom stereocenters. The molecule has 2 aliphatic heterocycles. The fourth-order valence-electron chi connectivity index (χ4n) is 4.53. The Bertz CT molecular complexity index is 513. The predicted octanol–water partition coefficient (Wildman–Crippen LogP) is 4.54. The molecular formula is C16H35O5Si4. The zero-order chi connectivity index (χ0) is 18.7. The molecule has 1 aliphatic carbocycles. The van der Waals surface area contributed by atoms with Crippen molar-refractivity contribution < 1.29 is 21.8 Å². The number of epoxide rings is 2. The SMILES string of the molecule is C[Si](CCC1CCCC23OC12O3)O[Si](C)(C)O[Si](C)(C)O[Si](C)(C)C. The van der Waals surface area contributed by atoms with Crippen molar-refractivity contribution in [3.05, 3.63) is 0 Å². The molecule has 2 heterocycles. The highest BCUT2D eigenvalue weighted by atomic mass is 28.5. The quantitative estimate of drug-likeness (QED) is 0.405. The number of hydrogen-bond donors (Lipinski definition) is 0. The summed E-state index contributed by atoms with van der Waals surface area (Å²) in [4.78, 5) is 0. The van der Waals surface area contributed by atoms with E-state index in [4.69, 9.17) is 21.8 Å². The molecule has 9 heteroatoms. The van der Waals surface area contributed by atoms with Crippen LogP contribution in [0.25, 0.3) is 0 Å². The van der Waals surface area contributed by atoms with E-state index in [1.54, 1.807) is 0 Å². The highest BCUT2D eigenvalue weighted by molar-refractivity contribution is 6.87. The lowest BCUT2D eigenvalue weighted by molar-refractivity contribution is -0.109. The van der Waals surface area contributed by atoms with Crippen LogP contribution in [0, 0.1) is 5.92 Å². The normalized spacial score (nSPS) is 34.7. The van der Waals surface area contributed by atoms with Crippen LogP contribution in [0.1, 0.15) is 25.7 Å². The monoisotopic (exact) mass is 419 g/mol. The standard InChI is InChI=1S/C16H35O5Si4/c1-22(13-11-14-10-9-12-15-16(14,17-15)18-15)19-24(5,6)21-25(7,8)20-23(2,3)4/h14H,9-13H2,1-8H3. The van der Waals surface area contributed by atoms with Crippen molar-refractivity contribution in [1.29, 1.82) is 0 Å². The molecule has 0 spiro atoms. The molecule has 1 atom stereocenters. The second-order valence-corrected chi connectivity index (χ2v) is 23.9. The Labute approximate surface area is 158 Å². The Morgan fingerprint density at radius 3 is 2.24 bits per heavy atom. The Balaban J connectivity index is 1.44. The maximum atomic E-state index is 6.48. The highest BCUT2D eigenvalue weighted by Gasteiger charge is 2.93. The second kappa shape index (κ2) is 6.34. The maximum absolute atomic E-state index is 6.48. The number of rotatable bonds is 9. The molecule has 0 amide bonds. The van der Waals surface area contributed by atoms with Gasteiger partial charge in [-0.05, 0) is 77.7 Å². The average Bonchev–Trinajstić information content (AvgIpc) is 3.16. The van der Waals surface area contributed by atoms with Crippen LogP contribution >= 0.6 is 0 Å². The van der Waals surface area contributed by atoms with Crippen molar-refractivity contribution in [2.75, 3.05) is 0 Å². The molecule has 0 aromatic rings. The molecule has 1 radical (unpaired) electrons. The van der Waals surface area contributed by atoms with Gasteiger partial charge in [0.05, 0.1) is 0 Å². The van der Waals surface area contributed by atoms with Gasteiger partial charge in [-0.25, -0.2) is 0 Å². The second-order valence-electron chi connectivity index (χ2n) is 9.67. The summed E-state index contributed by atoms with van der Waals surface area (Å²) in [6.45, 7) is 17.6. The first-order chi connectivity index (χ1) is 11.3. The van der Waals surface area contributed by atoms with E-state index in [1.165, 1.54) is 12.8 Å². The smallest absolute Gasteiger partial charge is 0.312 e. The molecule has 25 heavy (non-hydrogen) atoms. The third kappa shape index (κ3) is 4.57. The summed E-state index contributed by atoms with van der Waals surface area (Å²) in [7, 11) is -6.76. The van der Waals surface area contributed by atoms with Gasteiger partial charge in [0.25, 0.3) is 0 Å². The van der Waals surface area contributed by atoms with Gasteiger partial charge in [0, 0.05) is 12.3 Å². The van der Waals surface area contributed by atoms with Crippen molar-refractivity contribution in [3.63, 3.8) is 0 Å². The number of hydrogen-bond acceptors (Lipinski definition) is 5. The lowest BCUT2D eigenvalue weighted by Gasteiger charge is -2.38. The summed E-state index contributed by atoms with van der Waals surface area (Å²) < 4.78 is 30.9. The van der Waals surface area contributed by atoms with Crippen LogP contribution in [-0.2, 0) is 21.8 Å². The molecule has 3 aliphatic rings. The van der Waals surface area contributed by atoms with E-state index in [9.17, 15) is 0 Å². The van der Waals surface area contributed by atoms with Crippen LogP contribution in [0.5, 0.6) is 0 Å². The summed E-state index contributed by atoms with van der Waals surface area (Å²) in [6.07, 6.45) is 4.71. The Morgan fingerprint density at radius 1 is 1.00 bits per heavy atom. The van der Waals surface area contributed by atoms with Crippen molar-refractivity contribution in [3.8, 4) is 0 Å². The lowest BCUT2D eigenvalue weighted by atomic mass is 9.87. The minimum atomic E-state index is -2.16. The Hall–Kier alpha value is 0.668. The van der Waals surface area contributed by atoms with Gasteiger partial charge in [-0.15, -0.1) is 0 Å². The highest BCUT2D eigenvalue weighted by Crippen LogP contribution is 2.76. The Kier molecular flexibility index (Phi) is 5.18. The fourth-order valence-corrected chi connectivity index (χ4v) is 20.8. The summed E-state index contributed by atoms with van der Waals surface area (Å²) in [5, 5.41) is 0. The largest absolute Gasteiger partial charge is 0.437 e. The van der Waals surface area contributed by atoms with E-state index < -0.39 is 34.5 Å². The summed E-state index contributed by atoms with van der Waals surface area (Å²) in [6, 6.07) is 1.14. The van der Waals surface area contributed by atoms with Crippen LogP contribution in [0.15, 0.2) is 0 Å². The first-order valence-electron chi connectivity index (χ1n) is 9.60. The van der Waals surface area contributed by atoms with Crippen molar-refractivity contribution in [2.45, 2.75) is 95.7 Å². The zero-order valence-corrected chi connectivity index (χ0v) is 21.2. The molecule has 2 saturated heterocycles. The molecule has 0 N–H and O–H groups in total. The predicted molar refractivity (Wildman–Crippen MR) is 108 cm³/mol. The minimum Gasteiger partial charge on any atom is -0.437 e. The Morgan fingerprint density at radius 2 is 1.64 bits per heavy atom. The maximum Gasteiger partial charge on any atom is 0.312 e. The van der Waals surface area contributed by atoms with Crippen molar-refractivity contribution >= 4 is 34.5 Å². The van der Waals surface area contributed by atoms with E-state index in [0.717, 1.165) is 18.9 Å². The lowest BCUT2D eigenvalue weighted by Crippen LogP contribution is -2.53. The van der Waals surface area contributed by atoms with Crippen LogP contribution in [0.2, 0.25) is 58.4 Å². The minimum absolute atomic E-state index is 0.141. The summed E-state index contributed by atoms with van der Waals surface area (Å²) in [5.41, 5.74) is 0. The molecule has 0 aromatic heterocycles. The van der Waals surface area contributed by atoms with Crippen molar-refractivity contribution in [1.82, 2.24) is 0 Å². The third-order valence-corrected chi connectivity index (χ3v) is 17.7. The van der Waals surface area contributed by atoms with Crippen molar-refractivity contribution in [2.24, 2.45) is 5.92 Å². The van der Waals surface area contributed by atoms with Crippen LogP contribution in [0.3, 0.4) is 0 Å². The van der Waals surface area contributed by atoms with E-state index in [0.29, 0.717) is 5.92 Å². The van der Waals surface area contributed by atoms with Crippen LogP contribution in [0.4, 0.5) is 0 Å². The van der Waals surface area contributed by atoms with E-state index in [2.05, 4.69) is 52.4 Å². The molecule has 0 aromatic carbocycles. The molecule has 3 rings (SSSR count). The molecule has 3 fully saturated rings. The molecule has 145 valence electrons. The fraction of sp³-hybridized carbons (Fsp3) is 1.00. The van der Waals surface area contributed by atoms with E-state index >= 15 is 0 Å². The van der Waals surface area contributed by atoms with Gasteiger partial charge in [0.1, 0.15) is 0 Å². The van der Waals surface area contributed by atoms with E-state index in [-0.39, 0.29) is 11.6 Å². The van der Waals surface area contributed by atoms with Crippen LogP contribution in [-0.4, -0.2) is 46.1 Å². The molecule has 0 bridgehead atoms. The molecular weight excluding hydrogens is 385 g/mol. The van der Waals surface area contributed by atoms with Gasteiger partial charge in [-0.3, -0.25) is 0 Å². The summed E-state index contributed by atoms with van der Waals surface area (Å²) in [5.74, 6) is 0.256. The van der Waals surface area contributed by atoms with Gasteiger partial charge in [0.2, 0.25) is 11.6 Å².